The Morgan fingerprint density at radius 1 is 1.00 bits per heavy atom. The zero-order chi connectivity index (χ0) is 12.2. The van der Waals surface area contributed by atoms with Gasteiger partial charge in [0.05, 0.1) is 6.54 Å². The predicted octanol–water partition coefficient (Wildman–Crippen LogP) is 0.480. The molecule has 1 saturated heterocycles. The van der Waals surface area contributed by atoms with Crippen LogP contribution in [0.3, 0.4) is 0 Å². The summed E-state index contributed by atoms with van der Waals surface area (Å²) in [6.07, 6.45) is 9.21. The molecule has 4 aliphatic carbocycles. The summed E-state index contributed by atoms with van der Waals surface area (Å²) in [6, 6.07) is 0. The van der Waals surface area contributed by atoms with Crippen LogP contribution in [-0.2, 0) is 0 Å². The van der Waals surface area contributed by atoms with Gasteiger partial charge in [-0.1, -0.05) is 0 Å². The van der Waals surface area contributed by atoms with Crippen molar-refractivity contribution in [2.75, 3.05) is 19.9 Å². The Morgan fingerprint density at radius 3 is 2.00 bits per heavy atom. The Labute approximate surface area is 115 Å². The Morgan fingerprint density at radius 2 is 1.50 bits per heavy atom. The monoisotopic (exact) mass is 266 g/mol. The molecule has 0 aromatic carbocycles. The van der Waals surface area contributed by atoms with Crippen LogP contribution in [0.15, 0.2) is 0 Å². The maximum absolute atomic E-state index is 5.14. The van der Waals surface area contributed by atoms with Gasteiger partial charge in [-0.25, -0.2) is 0 Å². The van der Waals surface area contributed by atoms with E-state index in [1.54, 1.807) is 24.2 Å². The highest BCUT2D eigenvalue weighted by atomic mass is 32.1. The summed E-state index contributed by atoms with van der Waals surface area (Å²) in [5.74, 6) is 3.22. The van der Waals surface area contributed by atoms with Crippen LogP contribution in [0, 0.1) is 23.2 Å². The molecule has 0 spiro atoms. The lowest BCUT2D eigenvalue weighted by molar-refractivity contribution is -0.914. The molecule has 4 bridgehead atoms. The van der Waals surface area contributed by atoms with Crippen LogP contribution in [0.2, 0.25) is 0 Å². The molecule has 4 heteroatoms. The molecule has 5 rings (SSSR count). The SMILES string of the molecule is S=C1NC[NH+](CC23CC4CC(CC(C4)C2)C3)CN1. The van der Waals surface area contributed by atoms with Gasteiger partial charge < -0.3 is 15.5 Å². The van der Waals surface area contributed by atoms with E-state index in [1.165, 1.54) is 25.8 Å². The standard InChI is InChI=1S/C14H23N3S/c18-13-15-8-17(9-16-13)7-14-4-10-1-11(5-14)3-12(2-10)6-14/h10-12H,1-9H2,(H2,15,16,18)/p+1. The molecule has 1 aliphatic heterocycles. The zero-order valence-electron chi connectivity index (χ0n) is 11.0. The van der Waals surface area contributed by atoms with E-state index >= 15 is 0 Å². The third kappa shape index (κ3) is 1.94. The highest BCUT2D eigenvalue weighted by molar-refractivity contribution is 7.80. The van der Waals surface area contributed by atoms with E-state index in [9.17, 15) is 0 Å². The molecular formula is C14H24N3S+. The molecule has 5 fully saturated rings. The van der Waals surface area contributed by atoms with Gasteiger partial charge in [-0.15, -0.1) is 0 Å². The number of thiocarbonyl (C=S) groups is 1. The van der Waals surface area contributed by atoms with Crippen LogP contribution in [0.5, 0.6) is 0 Å². The lowest BCUT2D eigenvalue weighted by Crippen LogP contribution is -3.18. The number of hydrogen-bond donors (Lipinski definition) is 3. The summed E-state index contributed by atoms with van der Waals surface area (Å²) in [4.78, 5) is 1.66. The molecule has 0 amide bonds. The smallest absolute Gasteiger partial charge is 0.174 e. The first-order valence-electron chi connectivity index (χ1n) is 7.56. The van der Waals surface area contributed by atoms with Crippen LogP contribution in [0.4, 0.5) is 0 Å². The summed E-state index contributed by atoms with van der Waals surface area (Å²) >= 11 is 5.14. The van der Waals surface area contributed by atoms with E-state index in [0.717, 1.165) is 36.2 Å². The summed E-state index contributed by atoms with van der Waals surface area (Å²) < 4.78 is 0. The second-order valence-electron chi connectivity index (χ2n) is 7.38. The van der Waals surface area contributed by atoms with Gasteiger partial charge in [0.1, 0.15) is 0 Å². The normalized spacial score (nSPS) is 46.9. The van der Waals surface area contributed by atoms with Crippen LogP contribution >= 0.6 is 12.2 Å². The quantitative estimate of drug-likeness (QED) is 0.635. The van der Waals surface area contributed by atoms with Crippen LogP contribution in [-0.4, -0.2) is 25.0 Å². The average Bonchev–Trinajstić information content (AvgIpc) is 2.30. The van der Waals surface area contributed by atoms with Crippen molar-refractivity contribution in [3.05, 3.63) is 0 Å². The summed E-state index contributed by atoms with van der Waals surface area (Å²) in [7, 11) is 0. The van der Waals surface area contributed by atoms with Gasteiger partial charge in [0, 0.05) is 5.41 Å². The highest BCUT2D eigenvalue weighted by Crippen LogP contribution is 2.59. The van der Waals surface area contributed by atoms with Gasteiger partial charge in [-0.05, 0) is 68.5 Å². The molecule has 1 heterocycles. The first-order valence-corrected chi connectivity index (χ1v) is 7.97. The molecule has 0 unspecified atom stereocenters. The van der Waals surface area contributed by atoms with E-state index < -0.39 is 0 Å². The Balaban J connectivity index is 1.46. The minimum atomic E-state index is 0.687. The average molecular weight is 266 g/mol. The molecule has 4 saturated carbocycles. The Bertz CT molecular complexity index is 323. The van der Waals surface area contributed by atoms with Crippen molar-refractivity contribution in [2.45, 2.75) is 38.5 Å². The summed E-state index contributed by atoms with van der Waals surface area (Å²) in [5, 5.41) is 7.43. The number of hydrogen-bond acceptors (Lipinski definition) is 1. The van der Waals surface area contributed by atoms with Crippen molar-refractivity contribution in [3.8, 4) is 0 Å². The first-order chi connectivity index (χ1) is 8.71. The van der Waals surface area contributed by atoms with Gasteiger partial charge in [-0.3, -0.25) is 0 Å². The van der Waals surface area contributed by atoms with Crippen molar-refractivity contribution in [1.82, 2.24) is 10.6 Å². The molecule has 3 N–H and O–H groups in total. The van der Waals surface area contributed by atoms with E-state index in [1.807, 2.05) is 0 Å². The first kappa shape index (κ1) is 11.5. The number of quaternary nitrogens is 1. The molecule has 0 aromatic heterocycles. The largest absolute Gasteiger partial charge is 0.316 e. The molecule has 0 aromatic rings. The molecule has 5 aliphatic rings. The van der Waals surface area contributed by atoms with Crippen molar-refractivity contribution in [3.63, 3.8) is 0 Å². The summed E-state index contributed by atoms with van der Waals surface area (Å²) in [6.45, 7) is 3.40. The minimum Gasteiger partial charge on any atom is -0.316 e. The number of rotatable bonds is 2. The molecule has 100 valence electrons. The third-order valence-electron chi connectivity index (χ3n) is 5.79. The minimum absolute atomic E-state index is 0.687. The van der Waals surface area contributed by atoms with Crippen LogP contribution in [0.1, 0.15) is 38.5 Å². The summed E-state index contributed by atoms with van der Waals surface area (Å²) in [5.41, 5.74) is 0.687. The van der Waals surface area contributed by atoms with Gasteiger partial charge in [0.2, 0.25) is 0 Å². The maximum atomic E-state index is 5.14. The Kier molecular flexibility index (Phi) is 2.60. The van der Waals surface area contributed by atoms with Crippen molar-refractivity contribution < 1.29 is 4.90 Å². The van der Waals surface area contributed by atoms with Crippen LogP contribution in [0.25, 0.3) is 0 Å². The number of nitrogens with one attached hydrogen (secondary N) is 3. The van der Waals surface area contributed by atoms with Gasteiger partial charge in [-0.2, -0.15) is 0 Å². The van der Waals surface area contributed by atoms with E-state index in [4.69, 9.17) is 12.2 Å². The fourth-order valence-corrected chi connectivity index (χ4v) is 5.84. The maximum Gasteiger partial charge on any atom is 0.174 e. The third-order valence-corrected chi connectivity index (χ3v) is 6.08. The van der Waals surface area contributed by atoms with E-state index in [0.29, 0.717) is 5.41 Å². The van der Waals surface area contributed by atoms with Crippen LogP contribution < -0.4 is 15.5 Å². The molecule has 3 nitrogen and oxygen atoms in total. The predicted molar refractivity (Wildman–Crippen MR) is 75.0 cm³/mol. The van der Waals surface area contributed by atoms with Crippen molar-refractivity contribution in [1.29, 1.82) is 0 Å². The lowest BCUT2D eigenvalue weighted by Gasteiger charge is -2.56. The fourth-order valence-electron chi connectivity index (χ4n) is 5.70. The molecule has 18 heavy (non-hydrogen) atoms. The van der Waals surface area contributed by atoms with E-state index in [-0.39, 0.29) is 0 Å². The van der Waals surface area contributed by atoms with Gasteiger partial charge in [0.25, 0.3) is 0 Å². The highest BCUT2D eigenvalue weighted by Gasteiger charge is 2.52. The van der Waals surface area contributed by atoms with Gasteiger partial charge in [0.15, 0.2) is 18.4 Å². The fraction of sp³-hybridized carbons (Fsp3) is 0.929. The molecular weight excluding hydrogens is 242 g/mol. The molecule has 0 radical (unpaired) electrons. The second-order valence-corrected chi connectivity index (χ2v) is 7.79. The van der Waals surface area contributed by atoms with E-state index in [2.05, 4.69) is 10.6 Å². The molecule has 0 atom stereocenters. The van der Waals surface area contributed by atoms with Gasteiger partial charge >= 0.3 is 0 Å². The zero-order valence-corrected chi connectivity index (χ0v) is 11.8. The topological polar surface area (TPSA) is 28.5 Å². The Hall–Kier alpha value is -0.350. The van der Waals surface area contributed by atoms with Crippen molar-refractivity contribution in [2.24, 2.45) is 23.2 Å². The second kappa shape index (κ2) is 4.07. The lowest BCUT2D eigenvalue weighted by atomic mass is 9.49. The van der Waals surface area contributed by atoms with Crippen molar-refractivity contribution >= 4 is 17.3 Å².